The van der Waals surface area contributed by atoms with Crippen LogP contribution in [0.4, 0.5) is 0 Å². The Bertz CT molecular complexity index is 389. The highest BCUT2D eigenvalue weighted by molar-refractivity contribution is 6.30. The van der Waals surface area contributed by atoms with Gasteiger partial charge in [-0.05, 0) is 36.5 Å². The molecule has 1 aliphatic carbocycles. The van der Waals surface area contributed by atoms with Crippen LogP contribution in [0, 0.1) is 0 Å². The zero-order valence-corrected chi connectivity index (χ0v) is 10.6. The lowest BCUT2D eigenvalue weighted by atomic mass is 9.81. The first-order valence-corrected chi connectivity index (χ1v) is 6.69. The van der Waals surface area contributed by atoms with Gasteiger partial charge in [0.15, 0.2) is 5.79 Å². The summed E-state index contributed by atoms with van der Waals surface area (Å²) in [5.41, 5.74) is 1.35. The smallest absolute Gasteiger partial charge is 0.168 e. The third kappa shape index (κ3) is 2.35. The van der Waals surface area contributed by atoms with E-state index in [0.29, 0.717) is 5.92 Å². The van der Waals surface area contributed by atoms with Crippen LogP contribution in [0.25, 0.3) is 0 Å². The van der Waals surface area contributed by atoms with Crippen LogP contribution in [0.15, 0.2) is 24.3 Å². The number of halogens is 1. The molecule has 0 aromatic heterocycles. The average molecular weight is 253 g/mol. The molecule has 3 heteroatoms. The highest BCUT2D eigenvalue weighted by atomic mass is 35.5. The fourth-order valence-corrected chi connectivity index (χ4v) is 3.14. The van der Waals surface area contributed by atoms with E-state index < -0.39 is 0 Å². The van der Waals surface area contributed by atoms with Crippen molar-refractivity contribution in [1.82, 2.24) is 0 Å². The highest BCUT2D eigenvalue weighted by Crippen LogP contribution is 2.42. The molecule has 1 saturated carbocycles. The molecule has 2 aliphatic rings. The molecule has 17 heavy (non-hydrogen) atoms. The molecule has 0 bridgehead atoms. The van der Waals surface area contributed by atoms with Crippen molar-refractivity contribution in [1.29, 1.82) is 0 Å². The summed E-state index contributed by atoms with van der Waals surface area (Å²) in [7, 11) is 0. The molecular weight excluding hydrogens is 236 g/mol. The Morgan fingerprint density at radius 2 is 1.82 bits per heavy atom. The molecule has 0 N–H and O–H groups in total. The lowest BCUT2D eigenvalue weighted by Gasteiger charge is -2.35. The van der Waals surface area contributed by atoms with Crippen LogP contribution in [0.2, 0.25) is 5.02 Å². The normalized spacial score (nSPS) is 24.3. The van der Waals surface area contributed by atoms with Crippen LogP contribution in [0.3, 0.4) is 0 Å². The quantitative estimate of drug-likeness (QED) is 0.758. The number of hydrogen-bond donors (Lipinski definition) is 0. The largest absolute Gasteiger partial charge is 0.348 e. The summed E-state index contributed by atoms with van der Waals surface area (Å²) in [6.07, 6.45) is 4.26. The van der Waals surface area contributed by atoms with Gasteiger partial charge >= 0.3 is 0 Å². The Labute approximate surface area is 107 Å². The first kappa shape index (κ1) is 11.5. The van der Waals surface area contributed by atoms with Gasteiger partial charge in [0.1, 0.15) is 0 Å². The number of benzene rings is 1. The first-order chi connectivity index (χ1) is 8.27. The molecule has 1 spiro atoms. The minimum Gasteiger partial charge on any atom is -0.348 e. The molecule has 2 fully saturated rings. The van der Waals surface area contributed by atoms with Gasteiger partial charge in [-0.15, -0.1) is 0 Å². The van der Waals surface area contributed by atoms with Gasteiger partial charge < -0.3 is 9.47 Å². The van der Waals surface area contributed by atoms with Crippen molar-refractivity contribution in [3.8, 4) is 0 Å². The van der Waals surface area contributed by atoms with Gasteiger partial charge in [0.2, 0.25) is 0 Å². The summed E-state index contributed by atoms with van der Waals surface area (Å²) >= 11 is 6.04. The van der Waals surface area contributed by atoms with Gasteiger partial charge in [0.25, 0.3) is 0 Å². The standard InChI is InChI=1S/C14H17ClO2/c15-13-3-1-2-12(10-13)11-4-6-14(7-5-11)16-8-9-17-14/h1-3,10-11H,4-9H2. The molecule has 0 unspecified atom stereocenters. The molecule has 0 amide bonds. The van der Waals surface area contributed by atoms with E-state index in [1.54, 1.807) is 0 Å². The molecular formula is C14H17ClO2. The Hall–Kier alpha value is -0.570. The van der Waals surface area contributed by atoms with Gasteiger partial charge in [-0.25, -0.2) is 0 Å². The maximum Gasteiger partial charge on any atom is 0.168 e. The number of hydrogen-bond acceptors (Lipinski definition) is 2. The van der Waals surface area contributed by atoms with Crippen LogP contribution in [0.5, 0.6) is 0 Å². The Morgan fingerprint density at radius 3 is 2.47 bits per heavy atom. The van der Waals surface area contributed by atoms with Gasteiger partial charge in [-0.2, -0.15) is 0 Å². The third-order valence-electron chi connectivity index (χ3n) is 3.88. The second kappa shape index (κ2) is 4.60. The van der Waals surface area contributed by atoms with Crippen molar-refractivity contribution in [2.45, 2.75) is 37.4 Å². The van der Waals surface area contributed by atoms with E-state index in [2.05, 4.69) is 12.1 Å². The van der Waals surface area contributed by atoms with Gasteiger partial charge in [0, 0.05) is 17.9 Å². The van der Waals surface area contributed by atoms with Crippen LogP contribution in [0.1, 0.15) is 37.2 Å². The second-order valence-corrected chi connectivity index (χ2v) is 5.37. The number of ether oxygens (including phenoxy) is 2. The van der Waals surface area contributed by atoms with E-state index in [-0.39, 0.29) is 5.79 Å². The predicted molar refractivity (Wildman–Crippen MR) is 67.3 cm³/mol. The summed E-state index contributed by atoms with van der Waals surface area (Å²) in [4.78, 5) is 0. The fourth-order valence-electron chi connectivity index (χ4n) is 2.94. The van der Waals surface area contributed by atoms with Crippen LogP contribution in [-0.2, 0) is 9.47 Å². The molecule has 3 rings (SSSR count). The maximum atomic E-state index is 6.04. The van der Waals surface area contributed by atoms with Crippen molar-refractivity contribution in [2.75, 3.05) is 13.2 Å². The summed E-state index contributed by atoms with van der Waals surface area (Å²) in [6.45, 7) is 1.50. The van der Waals surface area contributed by atoms with E-state index in [4.69, 9.17) is 21.1 Å². The van der Waals surface area contributed by atoms with Crippen molar-refractivity contribution in [3.05, 3.63) is 34.9 Å². The van der Waals surface area contributed by atoms with E-state index in [1.165, 1.54) is 5.56 Å². The van der Waals surface area contributed by atoms with Crippen molar-refractivity contribution >= 4 is 11.6 Å². The summed E-state index contributed by atoms with van der Waals surface area (Å²) < 4.78 is 11.5. The molecule has 92 valence electrons. The summed E-state index contributed by atoms with van der Waals surface area (Å²) in [6, 6.07) is 8.22. The number of rotatable bonds is 1. The monoisotopic (exact) mass is 252 g/mol. The molecule has 1 saturated heterocycles. The van der Waals surface area contributed by atoms with Gasteiger partial charge in [-0.1, -0.05) is 23.7 Å². The molecule has 2 nitrogen and oxygen atoms in total. The predicted octanol–water partition coefficient (Wildman–Crippen LogP) is 3.74. The zero-order valence-electron chi connectivity index (χ0n) is 9.82. The Balaban J connectivity index is 1.68. The topological polar surface area (TPSA) is 18.5 Å². The van der Waals surface area contributed by atoms with Crippen molar-refractivity contribution < 1.29 is 9.47 Å². The van der Waals surface area contributed by atoms with E-state index in [1.807, 2.05) is 12.1 Å². The SMILES string of the molecule is Clc1cccc(C2CCC3(CC2)OCCO3)c1. The first-order valence-electron chi connectivity index (χ1n) is 6.31. The average Bonchev–Trinajstić information content (AvgIpc) is 2.79. The van der Waals surface area contributed by atoms with Crippen molar-refractivity contribution in [2.24, 2.45) is 0 Å². The molecule has 0 atom stereocenters. The maximum absolute atomic E-state index is 6.04. The lowest BCUT2D eigenvalue weighted by molar-refractivity contribution is -0.178. The summed E-state index contributed by atoms with van der Waals surface area (Å²) in [5.74, 6) is 0.349. The van der Waals surface area contributed by atoms with Gasteiger partial charge in [0.05, 0.1) is 13.2 Å². The fraction of sp³-hybridized carbons (Fsp3) is 0.571. The zero-order chi connectivity index (χ0) is 11.7. The van der Waals surface area contributed by atoms with Gasteiger partial charge in [-0.3, -0.25) is 0 Å². The molecule has 1 aromatic carbocycles. The van der Waals surface area contributed by atoms with E-state index in [9.17, 15) is 0 Å². The minimum atomic E-state index is -0.255. The molecule has 1 heterocycles. The molecule has 1 aliphatic heterocycles. The lowest BCUT2D eigenvalue weighted by Crippen LogP contribution is -2.34. The van der Waals surface area contributed by atoms with Crippen LogP contribution < -0.4 is 0 Å². The van der Waals surface area contributed by atoms with Crippen molar-refractivity contribution in [3.63, 3.8) is 0 Å². The Kier molecular flexibility index (Phi) is 3.12. The second-order valence-electron chi connectivity index (χ2n) is 4.94. The Morgan fingerprint density at radius 1 is 1.12 bits per heavy atom. The minimum absolute atomic E-state index is 0.255. The molecule has 0 radical (unpaired) electrons. The van der Waals surface area contributed by atoms with Crippen LogP contribution >= 0.6 is 11.6 Å². The summed E-state index contributed by atoms with van der Waals surface area (Å²) in [5, 5.41) is 0.830. The van der Waals surface area contributed by atoms with E-state index in [0.717, 1.165) is 43.9 Å². The van der Waals surface area contributed by atoms with Crippen LogP contribution in [-0.4, -0.2) is 19.0 Å². The highest BCUT2D eigenvalue weighted by Gasteiger charge is 2.40. The molecule has 1 aromatic rings. The van der Waals surface area contributed by atoms with E-state index >= 15 is 0 Å². The third-order valence-corrected chi connectivity index (χ3v) is 4.12.